The summed E-state index contributed by atoms with van der Waals surface area (Å²) in [6, 6.07) is 11.4. The SMILES string of the molecule is CCCC(CCCCSc1ccccc1)NCC. The zero-order chi connectivity index (χ0) is 13.1. The van der Waals surface area contributed by atoms with Crippen molar-refractivity contribution in [3.05, 3.63) is 30.3 Å². The van der Waals surface area contributed by atoms with Gasteiger partial charge in [-0.05, 0) is 43.7 Å². The Kier molecular flexibility index (Phi) is 9.05. The van der Waals surface area contributed by atoms with Crippen molar-refractivity contribution in [2.75, 3.05) is 12.3 Å². The molecule has 0 saturated carbocycles. The van der Waals surface area contributed by atoms with Gasteiger partial charge in [0.2, 0.25) is 0 Å². The molecule has 0 spiro atoms. The standard InChI is InChI=1S/C16H27NS/c1-3-10-15(17-4-2)11-8-9-14-18-16-12-6-5-7-13-16/h5-7,12-13,15,17H,3-4,8-11,14H2,1-2H3. The summed E-state index contributed by atoms with van der Waals surface area (Å²) in [7, 11) is 0. The van der Waals surface area contributed by atoms with Crippen molar-refractivity contribution in [1.29, 1.82) is 0 Å². The molecule has 1 aromatic carbocycles. The quantitative estimate of drug-likeness (QED) is 0.485. The number of hydrogen-bond acceptors (Lipinski definition) is 2. The van der Waals surface area contributed by atoms with Crippen molar-refractivity contribution in [2.24, 2.45) is 0 Å². The lowest BCUT2D eigenvalue weighted by atomic mass is 10.1. The fourth-order valence-electron chi connectivity index (χ4n) is 2.19. The fraction of sp³-hybridized carbons (Fsp3) is 0.625. The van der Waals surface area contributed by atoms with Crippen molar-refractivity contribution >= 4 is 11.8 Å². The molecule has 1 N–H and O–H groups in total. The molecule has 1 rings (SSSR count). The van der Waals surface area contributed by atoms with E-state index in [-0.39, 0.29) is 0 Å². The van der Waals surface area contributed by atoms with Crippen LogP contribution in [-0.4, -0.2) is 18.3 Å². The Labute approximate surface area is 117 Å². The molecule has 0 aromatic heterocycles. The number of thioether (sulfide) groups is 1. The minimum absolute atomic E-state index is 0.738. The Hall–Kier alpha value is -0.470. The normalized spacial score (nSPS) is 12.6. The number of benzene rings is 1. The van der Waals surface area contributed by atoms with Crippen LogP contribution in [0.15, 0.2) is 35.2 Å². The van der Waals surface area contributed by atoms with Crippen molar-refractivity contribution in [3.8, 4) is 0 Å². The zero-order valence-electron chi connectivity index (χ0n) is 11.8. The number of hydrogen-bond donors (Lipinski definition) is 1. The van der Waals surface area contributed by atoms with Crippen LogP contribution in [0.5, 0.6) is 0 Å². The predicted molar refractivity (Wildman–Crippen MR) is 83.4 cm³/mol. The molecule has 0 fully saturated rings. The average molecular weight is 265 g/mol. The maximum atomic E-state index is 3.59. The highest BCUT2D eigenvalue weighted by Gasteiger charge is 2.05. The highest BCUT2D eigenvalue weighted by Crippen LogP contribution is 2.19. The van der Waals surface area contributed by atoms with Gasteiger partial charge < -0.3 is 5.32 Å². The Morgan fingerprint density at radius 3 is 2.50 bits per heavy atom. The summed E-state index contributed by atoms with van der Waals surface area (Å²) in [4.78, 5) is 1.40. The van der Waals surface area contributed by atoms with Gasteiger partial charge in [-0.2, -0.15) is 0 Å². The largest absolute Gasteiger partial charge is 0.314 e. The van der Waals surface area contributed by atoms with Gasteiger partial charge in [0, 0.05) is 10.9 Å². The first kappa shape index (κ1) is 15.6. The molecule has 0 aliphatic rings. The minimum atomic E-state index is 0.738. The summed E-state index contributed by atoms with van der Waals surface area (Å²) < 4.78 is 0. The van der Waals surface area contributed by atoms with E-state index in [9.17, 15) is 0 Å². The second kappa shape index (κ2) is 10.5. The summed E-state index contributed by atoms with van der Waals surface area (Å²) in [6.45, 7) is 5.58. The molecular weight excluding hydrogens is 238 g/mol. The second-order valence-corrected chi connectivity index (χ2v) is 5.87. The molecule has 2 heteroatoms. The molecule has 102 valence electrons. The van der Waals surface area contributed by atoms with Gasteiger partial charge in [0.05, 0.1) is 0 Å². The number of rotatable bonds is 10. The lowest BCUT2D eigenvalue weighted by Gasteiger charge is -2.16. The third-order valence-electron chi connectivity index (χ3n) is 3.09. The van der Waals surface area contributed by atoms with E-state index in [1.165, 1.54) is 42.8 Å². The van der Waals surface area contributed by atoms with E-state index in [2.05, 4.69) is 49.5 Å². The van der Waals surface area contributed by atoms with E-state index in [0.29, 0.717) is 0 Å². The number of nitrogens with one attached hydrogen (secondary N) is 1. The third kappa shape index (κ3) is 7.07. The lowest BCUT2D eigenvalue weighted by molar-refractivity contribution is 0.446. The molecule has 0 radical (unpaired) electrons. The first-order chi connectivity index (χ1) is 8.86. The predicted octanol–water partition coefficient (Wildman–Crippen LogP) is 4.73. The highest BCUT2D eigenvalue weighted by molar-refractivity contribution is 7.99. The third-order valence-corrected chi connectivity index (χ3v) is 4.19. The van der Waals surface area contributed by atoms with Crippen LogP contribution in [0.1, 0.15) is 46.0 Å². The summed E-state index contributed by atoms with van der Waals surface area (Å²) in [5.74, 6) is 1.25. The van der Waals surface area contributed by atoms with Crippen LogP contribution in [-0.2, 0) is 0 Å². The van der Waals surface area contributed by atoms with Crippen molar-refractivity contribution in [1.82, 2.24) is 5.32 Å². The Bertz CT molecular complexity index is 280. The topological polar surface area (TPSA) is 12.0 Å². The Morgan fingerprint density at radius 2 is 1.83 bits per heavy atom. The van der Waals surface area contributed by atoms with Gasteiger partial charge in [-0.1, -0.05) is 44.9 Å². The van der Waals surface area contributed by atoms with E-state index in [4.69, 9.17) is 0 Å². The van der Waals surface area contributed by atoms with Crippen molar-refractivity contribution in [2.45, 2.75) is 56.9 Å². The van der Waals surface area contributed by atoms with Gasteiger partial charge in [-0.15, -0.1) is 11.8 Å². The van der Waals surface area contributed by atoms with Crippen LogP contribution in [0.3, 0.4) is 0 Å². The molecule has 1 atom stereocenters. The van der Waals surface area contributed by atoms with E-state index < -0.39 is 0 Å². The van der Waals surface area contributed by atoms with Crippen LogP contribution in [0.25, 0.3) is 0 Å². The summed E-state index contributed by atoms with van der Waals surface area (Å²) in [5.41, 5.74) is 0. The van der Waals surface area contributed by atoms with Crippen LogP contribution in [0, 0.1) is 0 Å². The second-order valence-electron chi connectivity index (χ2n) is 4.70. The summed E-state index contributed by atoms with van der Waals surface area (Å²) in [6.07, 6.45) is 6.61. The molecular formula is C16H27NS. The maximum absolute atomic E-state index is 3.59. The van der Waals surface area contributed by atoms with Gasteiger partial charge in [-0.3, -0.25) is 0 Å². The van der Waals surface area contributed by atoms with E-state index in [0.717, 1.165) is 12.6 Å². The summed E-state index contributed by atoms with van der Waals surface area (Å²) >= 11 is 1.98. The first-order valence-electron chi connectivity index (χ1n) is 7.28. The van der Waals surface area contributed by atoms with Gasteiger partial charge in [-0.25, -0.2) is 0 Å². The molecule has 0 aliphatic carbocycles. The lowest BCUT2D eigenvalue weighted by Crippen LogP contribution is -2.28. The van der Waals surface area contributed by atoms with Crippen molar-refractivity contribution in [3.63, 3.8) is 0 Å². The van der Waals surface area contributed by atoms with Crippen molar-refractivity contribution < 1.29 is 0 Å². The fourth-order valence-corrected chi connectivity index (χ4v) is 3.12. The first-order valence-corrected chi connectivity index (χ1v) is 8.26. The zero-order valence-corrected chi connectivity index (χ0v) is 12.6. The van der Waals surface area contributed by atoms with Crippen LogP contribution in [0.4, 0.5) is 0 Å². The monoisotopic (exact) mass is 265 g/mol. The molecule has 0 saturated heterocycles. The van der Waals surface area contributed by atoms with E-state index in [1.54, 1.807) is 0 Å². The van der Waals surface area contributed by atoms with Gasteiger partial charge in [0.1, 0.15) is 0 Å². The van der Waals surface area contributed by atoms with Crippen LogP contribution in [0.2, 0.25) is 0 Å². The van der Waals surface area contributed by atoms with E-state index >= 15 is 0 Å². The van der Waals surface area contributed by atoms with Gasteiger partial charge in [0.25, 0.3) is 0 Å². The molecule has 1 unspecified atom stereocenters. The van der Waals surface area contributed by atoms with E-state index in [1.807, 2.05) is 11.8 Å². The molecule has 18 heavy (non-hydrogen) atoms. The smallest absolute Gasteiger partial charge is 0.00719 e. The molecule has 1 aromatic rings. The van der Waals surface area contributed by atoms with Crippen LogP contribution >= 0.6 is 11.8 Å². The Balaban J connectivity index is 2.06. The van der Waals surface area contributed by atoms with Gasteiger partial charge >= 0.3 is 0 Å². The molecule has 1 nitrogen and oxygen atoms in total. The maximum Gasteiger partial charge on any atom is 0.00719 e. The molecule has 0 bridgehead atoms. The Morgan fingerprint density at radius 1 is 1.06 bits per heavy atom. The minimum Gasteiger partial charge on any atom is -0.314 e. The molecule has 0 heterocycles. The molecule has 0 aliphatic heterocycles. The summed E-state index contributed by atoms with van der Waals surface area (Å²) in [5, 5.41) is 3.59. The highest BCUT2D eigenvalue weighted by atomic mass is 32.2. The molecule has 0 amide bonds. The van der Waals surface area contributed by atoms with Gasteiger partial charge in [0.15, 0.2) is 0 Å². The van der Waals surface area contributed by atoms with Crippen LogP contribution < -0.4 is 5.32 Å². The number of unbranched alkanes of at least 4 members (excludes halogenated alkanes) is 1. The average Bonchev–Trinajstić information content (AvgIpc) is 2.40.